The number of ketones is 3. The number of hydrazone groups is 2. The van der Waals surface area contributed by atoms with Crippen molar-refractivity contribution in [1.82, 2.24) is 20.8 Å². The van der Waals surface area contributed by atoms with E-state index in [9.17, 15) is 81.5 Å². The van der Waals surface area contributed by atoms with E-state index < -0.39 is 138 Å². The second-order valence-electron chi connectivity index (χ2n) is 25.4. The lowest BCUT2D eigenvalue weighted by molar-refractivity contribution is -0.0814. The highest BCUT2D eigenvalue weighted by Crippen LogP contribution is 2.55. The summed E-state index contributed by atoms with van der Waals surface area (Å²) in [5, 5.41) is 12.8. The molecule has 0 saturated heterocycles. The normalized spacial score (nSPS) is 16.2. The maximum Gasteiger partial charge on any atom is 0.408 e. The number of thioether (sulfide) groups is 2. The highest BCUT2D eigenvalue weighted by molar-refractivity contribution is 8.15. The van der Waals surface area contributed by atoms with Crippen LogP contribution in [0.25, 0.3) is 0 Å². The number of ether oxygens (including phenoxy) is 4. The van der Waals surface area contributed by atoms with Crippen LogP contribution in [-0.4, -0.2) is 120 Å². The van der Waals surface area contributed by atoms with Gasteiger partial charge in [0.1, 0.15) is 114 Å². The topological polar surface area (TPSA) is 242 Å². The Morgan fingerprint density at radius 3 is 1.53 bits per heavy atom. The Bertz CT molecular complexity index is 5200. The number of carbonyl (C=O) groups excluding carboxylic acids is 6. The molecule has 19 nitrogen and oxygen atoms in total. The Morgan fingerprint density at radius 2 is 1.00 bits per heavy atom. The smallest absolute Gasteiger partial charge is 0.408 e. The van der Waals surface area contributed by atoms with E-state index in [0.29, 0.717) is 49.9 Å². The zero-order valence-electron chi connectivity index (χ0n) is 60.7. The van der Waals surface area contributed by atoms with E-state index in [0.717, 1.165) is 142 Å². The Hall–Kier alpha value is -11.5. The summed E-state index contributed by atoms with van der Waals surface area (Å²) in [7, 11) is 2.82. The van der Waals surface area contributed by atoms with Gasteiger partial charge in [-0.05, 0) is 166 Å². The van der Waals surface area contributed by atoms with Gasteiger partial charge in [0.15, 0.2) is 22.2 Å². The predicted octanol–water partition coefficient (Wildman–Crippen LogP) is 17.1. The quantitative estimate of drug-likeness (QED) is 0.0446. The summed E-state index contributed by atoms with van der Waals surface area (Å²) in [6.07, 6.45) is 0.897. The van der Waals surface area contributed by atoms with Crippen molar-refractivity contribution in [3.8, 4) is 17.2 Å². The zero-order valence-corrected chi connectivity index (χ0v) is 63.1. The van der Waals surface area contributed by atoms with Gasteiger partial charge < -0.3 is 30.0 Å². The van der Waals surface area contributed by atoms with E-state index in [-0.39, 0.29) is 40.4 Å². The summed E-state index contributed by atoms with van der Waals surface area (Å²) in [5.41, 5.74) is 9.45. The van der Waals surface area contributed by atoms with Crippen LogP contribution in [0.15, 0.2) is 197 Å². The maximum absolute atomic E-state index is 14.4. The van der Waals surface area contributed by atoms with Crippen molar-refractivity contribution in [1.29, 1.82) is 0 Å². The number of hydrogen-bond donors (Lipinski definition) is 3. The van der Waals surface area contributed by atoms with Crippen molar-refractivity contribution in [3.63, 3.8) is 0 Å². The number of benzene rings is 9. The summed E-state index contributed by atoms with van der Waals surface area (Å²) >= 11 is 7.54. The minimum atomic E-state index is -0.998. The van der Waals surface area contributed by atoms with E-state index in [1.807, 2.05) is 66.7 Å². The second-order valence-corrected chi connectivity index (χ2v) is 28.3. The number of nitrogens with two attached hydrogens (primary N) is 1. The maximum atomic E-state index is 14.4. The van der Waals surface area contributed by atoms with Gasteiger partial charge in [0.2, 0.25) is 0 Å². The molecule has 3 amide bonds. The van der Waals surface area contributed by atoms with Crippen molar-refractivity contribution in [2.45, 2.75) is 55.4 Å². The van der Waals surface area contributed by atoms with Crippen molar-refractivity contribution in [2.75, 3.05) is 53.6 Å². The third-order valence-electron chi connectivity index (χ3n) is 16.5. The molecule has 5 heterocycles. The fourth-order valence-electron chi connectivity index (χ4n) is 11.1. The molecular weight excluding hydrogens is 1580 g/mol. The van der Waals surface area contributed by atoms with Crippen molar-refractivity contribution >= 4 is 85.6 Å². The van der Waals surface area contributed by atoms with Crippen LogP contribution in [0.5, 0.6) is 17.2 Å². The average Bonchev–Trinajstić information content (AvgIpc) is 1.57. The first-order valence-corrected chi connectivity index (χ1v) is 36.1. The molecular formula is C80H67ClF12N8O11S2. The van der Waals surface area contributed by atoms with Gasteiger partial charge in [0.05, 0.1) is 62.3 Å². The van der Waals surface area contributed by atoms with Crippen molar-refractivity contribution in [3.05, 3.63) is 302 Å². The molecule has 5 aliphatic heterocycles. The Labute approximate surface area is 657 Å². The van der Waals surface area contributed by atoms with E-state index in [2.05, 4.69) is 25.9 Å². The molecule has 2 atom stereocenters. The minimum Gasteiger partial charge on any atom is -0.493 e. The predicted molar refractivity (Wildman–Crippen MR) is 402 cm³/mol. The van der Waals surface area contributed by atoms with Gasteiger partial charge in [-0.3, -0.25) is 34.4 Å². The van der Waals surface area contributed by atoms with Gasteiger partial charge in [0, 0.05) is 59.8 Å². The highest BCUT2D eigenvalue weighted by atomic mass is 35.5. The molecule has 2 spiro atoms. The Morgan fingerprint density at radius 1 is 0.553 bits per heavy atom. The molecule has 5 aliphatic rings. The van der Waals surface area contributed by atoms with Crippen LogP contribution in [0, 0.1) is 69.8 Å². The van der Waals surface area contributed by atoms with Crippen LogP contribution < -0.4 is 30.7 Å². The zero-order chi connectivity index (χ0) is 82.8. The number of carbonyl (C=O) groups is 6. The molecule has 0 saturated carbocycles. The lowest BCUT2D eigenvalue weighted by Crippen LogP contribution is -2.48. The van der Waals surface area contributed by atoms with Crippen LogP contribution in [-0.2, 0) is 19.3 Å². The molecule has 0 fully saturated rings. The lowest BCUT2D eigenvalue weighted by atomic mass is 9.99. The van der Waals surface area contributed by atoms with Crippen molar-refractivity contribution in [2.24, 2.45) is 20.9 Å². The molecule has 0 radical (unpaired) electrons. The van der Waals surface area contributed by atoms with Gasteiger partial charge in [-0.25, -0.2) is 67.3 Å². The second kappa shape index (κ2) is 38.8. The van der Waals surface area contributed by atoms with Gasteiger partial charge in [-0.2, -0.15) is 15.2 Å². The van der Waals surface area contributed by atoms with E-state index in [1.165, 1.54) is 48.8 Å². The number of rotatable bonds is 12. The number of hydrogen-bond acceptors (Lipinski definition) is 18. The van der Waals surface area contributed by atoms with Crippen molar-refractivity contribution < 1.29 is 105 Å². The highest BCUT2D eigenvalue weighted by Gasteiger charge is 2.53. The molecule has 34 heteroatoms. The fourth-order valence-corrected chi connectivity index (χ4v) is 13.8. The Balaban J connectivity index is 0.000000161. The average molecular weight is 1640 g/mol. The first-order chi connectivity index (χ1) is 54.2. The number of para-hydroxylation sites is 3. The summed E-state index contributed by atoms with van der Waals surface area (Å²) in [5.74, 6) is -7.73. The summed E-state index contributed by atoms with van der Waals surface area (Å²) < 4.78 is 180. The number of urea groups is 1. The lowest BCUT2D eigenvalue weighted by Gasteiger charge is -2.40. The molecule has 2 unspecified atom stereocenters. The van der Waals surface area contributed by atoms with Crippen LogP contribution in [0.1, 0.15) is 109 Å². The number of halogens is 13. The van der Waals surface area contributed by atoms with E-state index in [4.69, 9.17) is 41.1 Å². The first kappa shape index (κ1) is 86.5. The van der Waals surface area contributed by atoms with Crippen LogP contribution in [0.3, 0.4) is 0 Å². The molecule has 596 valence electrons. The molecule has 0 aromatic heterocycles. The summed E-state index contributed by atoms with van der Waals surface area (Å²) in [6, 6.07) is 39.0. The molecule has 0 bridgehead atoms. The van der Waals surface area contributed by atoms with Crippen LogP contribution >= 0.6 is 35.1 Å². The number of amides is 3. The number of fused-ring (bicyclic) bond motifs is 5. The third kappa shape index (κ3) is 22.0. The largest absolute Gasteiger partial charge is 0.493 e. The standard InChI is InChI=1S/C19H17F2N3O3S.C17H13F2NO2.C16H12F2N2OS.C13H15F2NO3.C8H7F2NO.C7H3ClF2O/c1-23(26-2)18(25)24-19(9-10-27-16-6-4-3-5-14(16)19)28-17(22-24)13-11-12(20)7-8-15(13)21;18-11-5-6-14(19)13(9-11)16(21)10-20-15-7-8-22-17-4-2-1-3-12(15)17;17-10-5-6-13(18)11(9-10)15-19-20-16(22-15)7-8-21-14-4-2-1-3-12(14)16;1-13(2,3)19-12(18)16-7-11(17)9-6-8(14)4-5-10(9)15;9-5-1-2-7(10)6(3-5)8(12)4-11;8-7(11)5-3-4(9)1-2-6(5)10/h3-8,11H,9-10H2,1-2H3;1-6,9H,7-8,10H2;1-6,9,20H,7-8H2;4-6H,7H2,1-3H3,(H,16,18);1-3H,4,11H2;1-3H. The molecule has 0 aliphatic carbocycles. The molecule has 9 aromatic carbocycles. The molecule has 114 heavy (non-hydrogen) atoms. The molecule has 14 rings (SSSR count). The van der Waals surface area contributed by atoms with Crippen LogP contribution in [0.4, 0.5) is 62.3 Å². The van der Waals surface area contributed by atoms with Gasteiger partial charge in [0.25, 0.3) is 5.24 Å². The van der Waals surface area contributed by atoms with Gasteiger partial charge in [-0.1, -0.05) is 72.1 Å². The molecule has 4 N–H and O–H groups in total. The number of nitrogens with zero attached hydrogens (tertiary/aromatic N) is 5. The first-order valence-electron chi connectivity index (χ1n) is 34.0. The number of alkyl carbamates (subject to hydrolysis) is 1. The number of Topliss-reactive ketones (excluding diaryl/α,β-unsaturated/α-hetero) is 3. The SMILES string of the molecule is CC(C)(C)OC(=O)NCC(=O)c1cc(F)ccc1F.CON(C)C(=O)N1N=C(c2cc(F)ccc2F)SC12CCOc1ccccc12.Fc1ccc(F)c(C2=NNC3(CCOc4ccccc43)S2)c1.NCC(=O)c1cc(F)ccc1F.O=C(CN=C1CCOc2ccccc21)c1cc(F)ccc1F.O=C(Cl)c1cc(F)ccc1F. The fraction of sp³-hybridized carbons (Fsp3) is 0.212. The summed E-state index contributed by atoms with van der Waals surface area (Å²) in [4.78, 5) is 77.0. The van der Waals surface area contributed by atoms with Gasteiger partial charge in [-0.15, -0.1) is 0 Å². The van der Waals surface area contributed by atoms with Gasteiger partial charge >= 0.3 is 12.1 Å². The minimum absolute atomic E-state index is 0.00344. The van der Waals surface area contributed by atoms with E-state index in [1.54, 1.807) is 26.8 Å². The third-order valence-corrected chi connectivity index (χ3v) is 19.5. The molecule has 9 aromatic rings. The number of aliphatic imine (C=N–C) groups is 1. The monoisotopic (exact) mass is 1640 g/mol. The Kier molecular flexibility index (Phi) is 29.4. The summed E-state index contributed by atoms with van der Waals surface area (Å²) in [6.45, 7) is 5.38. The van der Waals surface area contributed by atoms with Crippen LogP contribution in [0.2, 0.25) is 0 Å². The number of hydroxylamine groups is 2. The van der Waals surface area contributed by atoms with E-state index >= 15 is 0 Å². The number of nitrogens with one attached hydrogen (secondary N) is 2.